The minimum absolute atomic E-state index is 0.147. The van der Waals surface area contributed by atoms with Crippen molar-refractivity contribution in [3.05, 3.63) is 47.5 Å². The Hall–Kier alpha value is -2.40. The number of para-hydroxylation sites is 1. The van der Waals surface area contributed by atoms with Gasteiger partial charge in [0.2, 0.25) is 0 Å². The van der Waals surface area contributed by atoms with Crippen molar-refractivity contribution < 1.29 is 14.3 Å². The molecule has 6 heteroatoms. The van der Waals surface area contributed by atoms with Crippen LogP contribution in [0, 0.1) is 5.92 Å². The van der Waals surface area contributed by atoms with Crippen LogP contribution in [0.15, 0.2) is 42.5 Å². The van der Waals surface area contributed by atoms with Crippen molar-refractivity contribution in [2.24, 2.45) is 5.92 Å². The summed E-state index contributed by atoms with van der Waals surface area (Å²) >= 11 is 6.18. The summed E-state index contributed by atoms with van der Waals surface area (Å²) in [4.78, 5) is 14.7. The molecule has 2 aromatic rings. The molecule has 2 heterocycles. The number of ether oxygens (including phenoxy) is 2. The number of fused-ring (bicyclic) bond motifs is 1. The number of hydrogen-bond acceptors (Lipinski definition) is 5. The molecular weight excluding hydrogens is 352 g/mol. The number of anilines is 2. The summed E-state index contributed by atoms with van der Waals surface area (Å²) < 4.78 is 11.6. The molecule has 2 aromatic carbocycles. The van der Waals surface area contributed by atoms with Crippen molar-refractivity contribution in [3.63, 3.8) is 0 Å². The van der Waals surface area contributed by atoms with Gasteiger partial charge in [0.05, 0.1) is 12.5 Å². The van der Waals surface area contributed by atoms with Crippen LogP contribution in [0.3, 0.4) is 0 Å². The van der Waals surface area contributed by atoms with Crippen LogP contribution in [0.4, 0.5) is 11.4 Å². The third-order valence-electron chi connectivity index (χ3n) is 4.65. The maximum atomic E-state index is 12.5. The molecule has 1 fully saturated rings. The first-order valence-electron chi connectivity index (χ1n) is 8.69. The van der Waals surface area contributed by atoms with Crippen molar-refractivity contribution in [3.8, 4) is 11.5 Å². The van der Waals surface area contributed by atoms with E-state index in [1.807, 2.05) is 44.2 Å². The lowest BCUT2D eigenvalue weighted by Gasteiger charge is -2.39. The minimum atomic E-state index is -0.344. The van der Waals surface area contributed by atoms with Gasteiger partial charge in [-0.2, -0.15) is 0 Å². The maximum absolute atomic E-state index is 12.5. The number of hydrogen-bond donors (Lipinski definition) is 1. The van der Waals surface area contributed by atoms with Crippen LogP contribution in [0.5, 0.6) is 11.5 Å². The first-order valence-corrected chi connectivity index (χ1v) is 9.07. The quantitative estimate of drug-likeness (QED) is 0.652. The van der Waals surface area contributed by atoms with E-state index in [1.54, 1.807) is 12.1 Å². The summed E-state index contributed by atoms with van der Waals surface area (Å²) in [6.45, 7) is 5.91. The Morgan fingerprint density at radius 1 is 1.27 bits per heavy atom. The molecule has 0 aromatic heterocycles. The monoisotopic (exact) mass is 372 g/mol. The Morgan fingerprint density at radius 3 is 2.73 bits per heavy atom. The lowest BCUT2D eigenvalue weighted by atomic mass is 9.99. The van der Waals surface area contributed by atoms with E-state index < -0.39 is 0 Å². The highest BCUT2D eigenvalue weighted by Gasteiger charge is 2.36. The predicted octanol–water partition coefficient (Wildman–Crippen LogP) is 3.96. The molecule has 0 aliphatic carbocycles. The van der Waals surface area contributed by atoms with Crippen molar-refractivity contribution in [2.75, 3.05) is 29.9 Å². The Bertz CT molecular complexity index is 832. The van der Waals surface area contributed by atoms with Crippen LogP contribution < -0.4 is 19.7 Å². The zero-order chi connectivity index (χ0) is 18.3. The van der Waals surface area contributed by atoms with Crippen LogP contribution in [0.25, 0.3) is 0 Å². The van der Waals surface area contributed by atoms with Gasteiger partial charge >= 0.3 is 5.97 Å². The number of nitrogens with zero attached hydrogens (tertiary/aromatic N) is 1. The Balaban J connectivity index is 1.45. The van der Waals surface area contributed by atoms with Crippen LogP contribution >= 0.6 is 11.6 Å². The molecule has 0 unspecified atom stereocenters. The fourth-order valence-electron chi connectivity index (χ4n) is 3.20. The zero-order valence-electron chi connectivity index (χ0n) is 14.8. The topological polar surface area (TPSA) is 50.8 Å². The molecule has 5 nitrogen and oxygen atoms in total. The van der Waals surface area contributed by atoms with Crippen molar-refractivity contribution >= 4 is 28.9 Å². The van der Waals surface area contributed by atoms with E-state index in [0.29, 0.717) is 41.8 Å². The summed E-state index contributed by atoms with van der Waals surface area (Å²) in [5, 5.41) is 3.77. The summed E-state index contributed by atoms with van der Waals surface area (Å²) in [5.74, 6) is 0.640. The number of rotatable bonds is 3. The second-order valence-corrected chi connectivity index (χ2v) is 7.79. The Labute approximate surface area is 157 Å². The van der Waals surface area contributed by atoms with Gasteiger partial charge < -0.3 is 19.7 Å². The first kappa shape index (κ1) is 17.0. The second kappa shape index (κ2) is 6.40. The van der Waals surface area contributed by atoms with Gasteiger partial charge in [0.25, 0.3) is 0 Å². The van der Waals surface area contributed by atoms with E-state index in [-0.39, 0.29) is 17.5 Å². The van der Waals surface area contributed by atoms with Gasteiger partial charge in [0.1, 0.15) is 17.0 Å². The SMILES string of the molecule is CC1(C)CNc2c(OC(=O)C3CN(c4ccccc4)C3)cc(Cl)cc2O1. The zero-order valence-corrected chi connectivity index (χ0v) is 15.5. The van der Waals surface area contributed by atoms with E-state index >= 15 is 0 Å². The van der Waals surface area contributed by atoms with Gasteiger partial charge in [0, 0.05) is 35.9 Å². The van der Waals surface area contributed by atoms with Gasteiger partial charge in [-0.25, -0.2) is 0 Å². The van der Waals surface area contributed by atoms with Gasteiger partial charge in [-0.15, -0.1) is 0 Å². The van der Waals surface area contributed by atoms with E-state index in [9.17, 15) is 4.79 Å². The molecule has 1 N–H and O–H groups in total. The van der Waals surface area contributed by atoms with E-state index in [2.05, 4.69) is 10.2 Å². The highest BCUT2D eigenvalue weighted by molar-refractivity contribution is 6.31. The number of esters is 1. The lowest BCUT2D eigenvalue weighted by Crippen LogP contribution is -2.51. The Morgan fingerprint density at radius 2 is 2.00 bits per heavy atom. The van der Waals surface area contributed by atoms with Crippen molar-refractivity contribution in [2.45, 2.75) is 19.4 Å². The summed E-state index contributed by atoms with van der Waals surface area (Å²) in [5.41, 5.74) is 1.46. The average molecular weight is 373 g/mol. The normalized spacial score (nSPS) is 18.2. The van der Waals surface area contributed by atoms with E-state index in [0.717, 1.165) is 5.69 Å². The summed E-state index contributed by atoms with van der Waals surface area (Å²) in [6, 6.07) is 13.4. The summed E-state index contributed by atoms with van der Waals surface area (Å²) in [6.07, 6.45) is 0. The predicted molar refractivity (Wildman–Crippen MR) is 102 cm³/mol. The van der Waals surface area contributed by atoms with Crippen LogP contribution in [0.1, 0.15) is 13.8 Å². The highest BCUT2D eigenvalue weighted by atomic mass is 35.5. The molecule has 2 aliphatic rings. The van der Waals surface area contributed by atoms with E-state index in [4.69, 9.17) is 21.1 Å². The number of halogens is 1. The van der Waals surface area contributed by atoms with Gasteiger partial charge in [-0.1, -0.05) is 29.8 Å². The highest BCUT2D eigenvalue weighted by Crippen LogP contribution is 2.42. The molecule has 2 aliphatic heterocycles. The molecule has 136 valence electrons. The van der Waals surface area contributed by atoms with Gasteiger partial charge in [0.15, 0.2) is 5.75 Å². The Kier molecular flexibility index (Phi) is 4.19. The summed E-state index contributed by atoms with van der Waals surface area (Å²) in [7, 11) is 0. The standard InChI is InChI=1S/C20H21ClN2O3/c1-20(2)12-22-18-16(8-14(21)9-17(18)26-20)25-19(24)13-10-23(11-13)15-6-4-3-5-7-15/h3-9,13,22H,10-12H2,1-2H3. The molecule has 0 amide bonds. The first-order chi connectivity index (χ1) is 12.4. The van der Waals surface area contributed by atoms with Crippen LogP contribution in [0.2, 0.25) is 5.02 Å². The molecule has 0 spiro atoms. The lowest BCUT2D eigenvalue weighted by molar-refractivity contribution is -0.139. The third-order valence-corrected chi connectivity index (χ3v) is 4.87. The molecular formula is C20H21ClN2O3. The third kappa shape index (κ3) is 3.31. The van der Waals surface area contributed by atoms with Crippen LogP contribution in [-0.4, -0.2) is 31.2 Å². The van der Waals surface area contributed by atoms with Crippen molar-refractivity contribution in [1.82, 2.24) is 0 Å². The second-order valence-electron chi connectivity index (χ2n) is 7.35. The number of carbonyl (C=O) groups excluding carboxylic acids is 1. The molecule has 4 rings (SSSR count). The number of nitrogens with one attached hydrogen (secondary N) is 1. The fraction of sp³-hybridized carbons (Fsp3) is 0.350. The fourth-order valence-corrected chi connectivity index (χ4v) is 3.40. The number of carbonyl (C=O) groups is 1. The van der Waals surface area contributed by atoms with E-state index in [1.165, 1.54) is 0 Å². The molecule has 1 saturated heterocycles. The number of benzene rings is 2. The van der Waals surface area contributed by atoms with Crippen LogP contribution in [-0.2, 0) is 4.79 Å². The molecule has 26 heavy (non-hydrogen) atoms. The van der Waals surface area contributed by atoms with Gasteiger partial charge in [-0.3, -0.25) is 4.79 Å². The van der Waals surface area contributed by atoms with Gasteiger partial charge in [-0.05, 0) is 26.0 Å². The minimum Gasteiger partial charge on any atom is -0.484 e. The average Bonchev–Trinajstić information content (AvgIpc) is 2.53. The van der Waals surface area contributed by atoms with Crippen molar-refractivity contribution in [1.29, 1.82) is 0 Å². The largest absolute Gasteiger partial charge is 0.484 e. The molecule has 0 atom stereocenters. The maximum Gasteiger partial charge on any atom is 0.318 e. The molecule has 0 bridgehead atoms. The smallest absolute Gasteiger partial charge is 0.318 e. The molecule has 0 radical (unpaired) electrons. The molecule has 0 saturated carbocycles.